The first-order chi connectivity index (χ1) is 11.3. The molecule has 1 amide bonds. The summed E-state index contributed by atoms with van der Waals surface area (Å²) in [5, 5.41) is 2.87. The van der Waals surface area contributed by atoms with Crippen LogP contribution in [0.2, 0.25) is 0 Å². The molecule has 0 aliphatic heterocycles. The molecule has 0 aliphatic carbocycles. The standard InChI is InChI=1S/C18H19N3O2/c22-18(19-11-13-23-15-6-2-1-3-7-15)10-12-21-14-20-16-8-4-5-9-17(16)21/h1-9,14H,10-13H2,(H,19,22). The largest absolute Gasteiger partial charge is 0.492 e. The zero-order chi connectivity index (χ0) is 15.9. The van der Waals surface area contributed by atoms with Crippen molar-refractivity contribution in [3.8, 4) is 5.75 Å². The number of para-hydroxylation sites is 3. The highest BCUT2D eigenvalue weighted by Crippen LogP contribution is 2.12. The molecule has 0 unspecified atom stereocenters. The van der Waals surface area contributed by atoms with E-state index in [1.54, 1.807) is 6.33 Å². The first kappa shape index (κ1) is 15.1. The van der Waals surface area contributed by atoms with Gasteiger partial charge in [0, 0.05) is 13.0 Å². The Morgan fingerprint density at radius 1 is 1.09 bits per heavy atom. The minimum Gasteiger partial charge on any atom is -0.492 e. The molecule has 23 heavy (non-hydrogen) atoms. The number of carbonyl (C=O) groups is 1. The normalized spacial score (nSPS) is 10.6. The number of carbonyl (C=O) groups excluding carboxylic acids is 1. The molecular formula is C18H19N3O2. The summed E-state index contributed by atoms with van der Waals surface area (Å²) in [7, 11) is 0. The molecule has 3 rings (SSSR count). The molecule has 0 bridgehead atoms. The molecular weight excluding hydrogens is 290 g/mol. The summed E-state index contributed by atoms with van der Waals surface area (Å²) in [6.07, 6.45) is 2.20. The van der Waals surface area contributed by atoms with E-state index in [-0.39, 0.29) is 5.91 Å². The third-order valence-electron chi connectivity index (χ3n) is 3.54. The summed E-state index contributed by atoms with van der Waals surface area (Å²) in [6, 6.07) is 17.5. The van der Waals surface area contributed by atoms with E-state index in [2.05, 4.69) is 10.3 Å². The number of hydrogen-bond acceptors (Lipinski definition) is 3. The lowest BCUT2D eigenvalue weighted by Gasteiger charge is -2.08. The smallest absolute Gasteiger partial charge is 0.221 e. The van der Waals surface area contributed by atoms with Gasteiger partial charge in [0.15, 0.2) is 0 Å². The van der Waals surface area contributed by atoms with Gasteiger partial charge in [0.05, 0.1) is 23.9 Å². The summed E-state index contributed by atoms with van der Waals surface area (Å²) in [6.45, 7) is 1.58. The number of hydrogen-bond donors (Lipinski definition) is 1. The zero-order valence-corrected chi connectivity index (χ0v) is 12.8. The van der Waals surface area contributed by atoms with Crippen molar-refractivity contribution >= 4 is 16.9 Å². The quantitative estimate of drug-likeness (QED) is 0.683. The Morgan fingerprint density at radius 3 is 2.74 bits per heavy atom. The van der Waals surface area contributed by atoms with Crippen molar-refractivity contribution in [2.75, 3.05) is 13.2 Å². The van der Waals surface area contributed by atoms with Gasteiger partial charge in [-0.3, -0.25) is 4.79 Å². The van der Waals surface area contributed by atoms with Crippen molar-refractivity contribution in [1.29, 1.82) is 0 Å². The Bertz CT molecular complexity index is 768. The fourth-order valence-electron chi connectivity index (χ4n) is 2.37. The Labute approximate surface area is 134 Å². The Kier molecular flexibility index (Phi) is 4.88. The molecule has 0 spiro atoms. The van der Waals surface area contributed by atoms with Crippen molar-refractivity contribution in [2.24, 2.45) is 0 Å². The summed E-state index contributed by atoms with van der Waals surface area (Å²) < 4.78 is 7.53. The minimum atomic E-state index is 0.0134. The summed E-state index contributed by atoms with van der Waals surface area (Å²) in [5.74, 6) is 0.825. The van der Waals surface area contributed by atoms with E-state index in [1.807, 2.05) is 59.2 Å². The van der Waals surface area contributed by atoms with Crippen LogP contribution in [0, 0.1) is 0 Å². The number of benzene rings is 2. The van der Waals surface area contributed by atoms with Gasteiger partial charge in [-0.1, -0.05) is 30.3 Å². The van der Waals surface area contributed by atoms with E-state index >= 15 is 0 Å². The fourth-order valence-corrected chi connectivity index (χ4v) is 2.37. The Balaban J connectivity index is 1.40. The van der Waals surface area contributed by atoms with Crippen LogP contribution >= 0.6 is 0 Å². The van der Waals surface area contributed by atoms with Gasteiger partial charge in [0.25, 0.3) is 0 Å². The number of nitrogens with one attached hydrogen (secondary N) is 1. The number of ether oxygens (including phenoxy) is 1. The Hall–Kier alpha value is -2.82. The number of fused-ring (bicyclic) bond motifs is 1. The molecule has 0 saturated heterocycles. The van der Waals surface area contributed by atoms with Crippen LogP contribution < -0.4 is 10.1 Å². The van der Waals surface area contributed by atoms with E-state index in [1.165, 1.54) is 0 Å². The molecule has 0 fully saturated rings. The predicted octanol–water partition coefficient (Wildman–Crippen LogP) is 2.62. The lowest BCUT2D eigenvalue weighted by molar-refractivity contribution is -0.121. The zero-order valence-electron chi connectivity index (χ0n) is 12.8. The SMILES string of the molecule is O=C(CCn1cnc2ccccc21)NCCOc1ccccc1. The summed E-state index contributed by atoms with van der Waals surface area (Å²) >= 11 is 0. The molecule has 5 heteroatoms. The molecule has 118 valence electrons. The number of rotatable bonds is 7. The lowest BCUT2D eigenvalue weighted by atomic mass is 10.3. The highest BCUT2D eigenvalue weighted by molar-refractivity contribution is 5.77. The van der Waals surface area contributed by atoms with Crippen LogP contribution in [0.5, 0.6) is 5.75 Å². The molecule has 1 N–H and O–H groups in total. The van der Waals surface area contributed by atoms with Crippen LogP contribution in [0.1, 0.15) is 6.42 Å². The maximum Gasteiger partial charge on any atom is 0.221 e. The highest BCUT2D eigenvalue weighted by atomic mass is 16.5. The second-order valence-corrected chi connectivity index (χ2v) is 5.19. The third-order valence-corrected chi connectivity index (χ3v) is 3.54. The van der Waals surface area contributed by atoms with Gasteiger partial charge in [0.1, 0.15) is 12.4 Å². The minimum absolute atomic E-state index is 0.0134. The van der Waals surface area contributed by atoms with E-state index in [4.69, 9.17) is 4.74 Å². The molecule has 0 atom stereocenters. The maximum atomic E-state index is 11.9. The molecule has 3 aromatic rings. The van der Waals surface area contributed by atoms with Crippen LogP contribution in [-0.2, 0) is 11.3 Å². The average Bonchev–Trinajstić information content (AvgIpc) is 3.01. The molecule has 0 radical (unpaired) electrons. The Morgan fingerprint density at radius 2 is 1.87 bits per heavy atom. The van der Waals surface area contributed by atoms with E-state index in [0.29, 0.717) is 26.1 Å². The summed E-state index contributed by atoms with van der Waals surface area (Å²) in [5.41, 5.74) is 2.00. The molecule has 5 nitrogen and oxygen atoms in total. The first-order valence-electron chi connectivity index (χ1n) is 7.67. The van der Waals surface area contributed by atoms with E-state index in [0.717, 1.165) is 16.8 Å². The van der Waals surface area contributed by atoms with Gasteiger partial charge in [-0.2, -0.15) is 0 Å². The second kappa shape index (κ2) is 7.45. The van der Waals surface area contributed by atoms with Gasteiger partial charge in [-0.05, 0) is 24.3 Å². The van der Waals surface area contributed by atoms with Crippen LogP contribution in [-0.4, -0.2) is 28.6 Å². The van der Waals surface area contributed by atoms with Crippen LogP contribution in [0.15, 0.2) is 60.9 Å². The lowest BCUT2D eigenvalue weighted by Crippen LogP contribution is -2.28. The van der Waals surface area contributed by atoms with Gasteiger partial charge in [-0.15, -0.1) is 0 Å². The van der Waals surface area contributed by atoms with Crippen molar-refractivity contribution in [1.82, 2.24) is 14.9 Å². The summed E-state index contributed by atoms with van der Waals surface area (Å²) in [4.78, 5) is 16.2. The number of aromatic nitrogens is 2. The van der Waals surface area contributed by atoms with Gasteiger partial charge in [0.2, 0.25) is 5.91 Å². The number of amides is 1. The first-order valence-corrected chi connectivity index (χ1v) is 7.67. The van der Waals surface area contributed by atoms with Crippen molar-refractivity contribution in [3.05, 3.63) is 60.9 Å². The molecule has 0 saturated carbocycles. The molecule has 1 aromatic heterocycles. The highest BCUT2D eigenvalue weighted by Gasteiger charge is 2.05. The molecule has 0 aliphatic rings. The van der Waals surface area contributed by atoms with Crippen molar-refractivity contribution in [2.45, 2.75) is 13.0 Å². The van der Waals surface area contributed by atoms with E-state index in [9.17, 15) is 4.79 Å². The fraction of sp³-hybridized carbons (Fsp3) is 0.222. The molecule has 2 aromatic carbocycles. The molecule has 1 heterocycles. The van der Waals surface area contributed by atoms with Crippen LogP contribution in [0.25, 0.3) is 11.0 Å². The average molecular weight is 309 g/mol. The number of aryl methyl sites for hydroxylation is 1. The second-order valence-electron chi connectivity index (χ2n) is 5.19. The topological polar surface area (TPSA) is 56.2 Å². The number of imidazole rings is 1. The van der Waals surface area contributed by atoms with Crippen LogP contribution in [0.3, 0.4) is 0 Å². The van der Waals surface area contributed by atoms with Gasteiger partial charge >= 0.3 is 0 Å². The van der Waals surface area contributed by atoms with Crippen molar-refractivity contribution in [3.63, 3.8) is 0 Å². The predicted molar refractivity (Wildman–Crippen MR) is 89.3 cm³/mol. The van der Waals surface area contributed by atoms with Gasteiger partial charge in [-0.25, -0.2) is 4.98 Å². The van der Waals surface area contributed by atoms with Crippen molar-refractivity contribution < 1.29 is 9.53 Å². The van der Waals surface area contributed by atoms with Crippen LogP contribution in [0.4, 0.5) is 0 Å². The number of nitrogens with zero attached hydrogens (tertiary/aromatic N) is 2. The van der Waals surface area contributed by atoms with E-state index < -0.39 is 0 Å². The third kappa shape index (κ3) is 4.10. The van der Waals surface area contributed by atoms with Gasteiger partial charge < -0.3 is 14.6 Å². The monoisotopic (exact) mass is 309 g/mol. The maximum absolute atomic E-state index is 11.9.